The van der Waals surface area contributed by atoms with E-state index in [0.29, 0.717) is 0 Å². The second-order valence-electron chi connectivity index (χ2n) is 5.41. The van der Waals surface area contributed by atoms with Crippen LogP contribution in [0.5, 0.6) is 0 Å². The van der Waals surface area contributed by atoms with E-state index < -0.39 is 0 Å². The van der Waals surface area contributed by atoms with Gasteiger partial charge < -0.3 is 17.7 Å². The predicted molar refractivity (Wildman–Crippen MR) is 88.5 cm³/mol. The Morgan fingerprint density at radius 2 is 1.73 bits per heavy atom. The molecule has 1 aliphatic rings. The number of hydrogen-bond donors (Lipinski definition) is 1. The van der Waals surface area contributed by atoms with Crippen LogP contribution < -0.4 is 17.7 Å². The molecule has 0 unspecified atom stereocenters. The van der Waals surface area contributed by atoms with E-state index >= 15 is 0 Å². The maximum atomic E-state index is 5.97. The van der Waals surface area contributed by atoms with Gasteiger partial charge in [0.1, 0.15) is 0 Å². The third-order valence-electron chi connectivity index (χ3n) is 4.03. The molecule has 1 aromatic heterocycles. The molecule has 0 amide bonds. The lowest BCUT2D eigenvalue weighted by Crippen LogP contribution is -3.00. The van der Waals surface area contributed by atoms with Gasteiger partial charge in [0.2, 0.25) is 0 Å². The molecule has 4 rings (SSSR count). The Morgan fingerprint density at radius 3 is 2.55 bits per heavy atom. The van der Waals surface area contributed by atoms with E-state index in [4.69, 9.17) is 16.6 Å². The van der Waals surface area contributed by atoms with Gasteiger partial charge in [0, 0.05) is 21.8 Å². The van der Waals surface area contributed by atoms with Crippen molar-refractivity contribution in [2.75, 3.05) is 5.32 Å². The Morgan fingerprint density at radius 1 is 0.955 bits per heavy atom. The lowest BCUT2D eigenvalue weighted by molar-refractivity contribution is -0.00000406. The van der Waals surface area contributed by atoms with Crippen molar-refractivity contribution in [3.8, 4) is 0 Å². The van der Waals surface area contributed by atoms with Crippen LogP contribution in [0.1, 0.15) is 17.7 Å². The molecular weight excluding hydrogens is 315 g/mol. The number of para-hydroxylation sites is 1. The van der Waals surface area contributed by atoms with Crippen LogP contribution in [0.25, 0.3) is 10.9 Å². The molecule has 1 aliphatic carbocycles. The Balaban J connectivity index is 0.00000144. The van der Waals surface area contributed by atoms with Crippen molar-refractivity contribution in [3.05, 3.63) is 64.8 Å². The molecule has 0 aliphatic heterocycles. The summed E-state index contributed by atoms with van der Waals surface area (Å²) in [4.78, 5) is 4.81. The topological polar surface area (TPSA) is 24.9 Å². The van der Waals surface area contributed by atoms with Gasteiger partial charge in [0.15, 0.2) is 0 Å². The molecule has 0 spiro atoms. The molecule has 1 N–H and O–H groups in total. The fourth-order valence-electron chi connectivity index (χ4n) is 3.03. The molecule has 3 aromatic rings. The third kappa shape index (κ3) is 2.65. The number of aryl methyl sites for hydroxylation is 1. The van der Waals surface area contributed by atoms with E-state index in [1.165, 1.54) is 28.8 Å². The molecule has 22 heavy (non-hydrogen) atoms. The highest BCUT2D eigenvalue weighted by atomic mass is 35.5. The molecule has 1 heterocycles. The van der Waals surface area contributed by atoms with Crippen molar-refractivity contribution in [1.82, 2.24) is 4.98 Å². The zero-order valence-corrected chi connectivity index (χ0v) is 13.5. The van der Waals surface area contributed by atoms with Crippen molar-refractivity contribution < 1.29 is 12.4 Å². The zero-order valence-electron chi connectivity index (χ0n) is 11.9. The molecule has 0 saturated heterocycles. The summed E-state index contributed by atoms with van der Waals surface area (Å²) in [7, 11) is 0. The number of benzene rings is 2. The summed E-state index contributed by atoms with van der Waals surface area (Å²) in [5.41, 5.74) is 5.93. The van der Waals surface area contributed by atoms with Gasteiger partial charge in [0.25, 0.3) is 0 Å². The average molecular weight is 330 g/mol. The molecule has 2 aromatic carbocycles. The first-order valence-electron chi connectivity index (χ1n) is 7.24. The van der Waals surface area contributed by atoms with E-state index in [1.807, 2.05) is 30.3 Å². The third-order valence-corrected chi connectivity index (χ3v) is 4.28. The van der Waals surface area contributed by atoms with E-state index in [9.17, 15) is 0 Å². The number of hydrogen-bond acceptors (Lipinski definition) is 2. The van der Waals surface area contributed by atoms with Crippen molar-refractivity contribution in [2.45, 2.75) is 19.3 Å². The Labute approximate surface area is 140 Å². The molecule has 0 atom stereocenters. The zero-order chi connectivity index (χ0) is 14.2. The van der Waals surface area contributed by atoms with Crippen LogP contribution >= 0.6 is 11.6 Å². The molecule has 112 valence electrons. The number of anilines is 2. The maximum absolute atomic E-state index is 5.97. The average Bonchev–Trinajstić information content (AvgIpc) is 2.97. The standard InChI is InChI=1S/C18H15ClN2.ClH/c19-12-8-10-13(11-9-12)20-18-14-4-1-2-6-16(14)21-17-7-3-5-15(17)18;/h1-2,4,6,8-11H,3,5,7H2,(H,20,21);1H/p-1. The van der Waals surface area contributed by atoms with Gasteiger partial charge in [-0.1, -0.05) is 29.8 Å². The maximum Gasteiger partial charge on any atom is 0.0726 e. The van der Waals surface area contributed by atoms with E-state index in [2.05, 4.69) is 23.5 Å². The highest BCUT2D eigenvalue weighted by molar-refractivity contribution is 6.30. The van der Waals surface area contributed by atoms with Gasteiger partial charge >= 0.3 is 0 Å². The Bertz CT molecular complexity index is 813. The van der Waals surface area contributed by atoms with Gasteiger partial charge in [-0.3, -0.25) is 4.98 Å². The van der Waals surface area contributed by atoms with Gasteiger partial charge in [0.05, 0.1) is 11.2 Å². The molecule has 0 radical (unpaired) electrons. The summed E-state index contributed by atoms with van der Waals surface area (Å²) in [6.45, 7) is 0. The minimum Gasteiger partial charge on any atom is -1.00 e. The van der Waals surface area contributed by atoms with Gasteiger partial charge in [-0.05, 0) is 55.2 Å². The number of nitrogens with zero attached hydrogens (tertiary/aromatic N) is 1. The monoisotopic (exact) mass is 329 g/mol. The van der Waals surface area contributed by atoms with E-state index in [1.54, 1.807) is 0 Å². The fourth-order valence-corrected chi connectivity index (χ4v) is 3.16. The number of nitrogens with one attached hydrogen (secondary N) is 1. The lowest BCUT2D eigenvalue weighted by atomic mass is 10.1. The summed E-state index contributed by atoms with van der Waals surface area (Å²) in [5.74, 6) is 0. The van der Waals surface area contributed by atoms with E-state index in [-0.39, 0.29) is 12.4 Å². The molecule has 0 fully saturated rings. The van der Waals surface area contributed by atoms with Crippen LogP contribution in [0.15, 0.2) is 48.5 Å². The van der Waals surface area contributed by atoms with Crippen molar-refractivity contribution in [1.29, 1.82) is 0 Å². The summed E-state index contributed by atoms with van der Waals surface area (Å²) >= 11 is 5.97. The first kappa shape index (κ1) is 15.1. The molecule has 0 saturated carbocycles. The fraction of sp³-hybridized carbons (Fsp3) is 0.167. The molecular formula is C18H15Cl2N2-. The summed E-state index contributed by atoms with van der Waals surface area (Å²) in [6, 6.07) is 16.2. The van der Waals surface area contributed by atoms with Crippen LogP contribution in [-0.2, 0) is 12.8 Å². The second kappa shape index (κ2) is 6.15. The molecule has 4 heteroatoms. The summed E-state index contributed by atoms with van der Waals surface area (Å²) < 4.78 is 0. The number of pyridine rings is 1. The van der Waals surface area contributed by atoms with Crippen molar-refractivity contribution in [3.63, 3.8) is 0 Å². The second-order valence-corrected chi connectivity index (χ2v) is 5.85. The SMILES string of the molecule is Clc1ccc(Nc2c3c(nc4ccccc24)CCC3)cc1.[Cl-]. The number of rotatable bonds is 2. The van der Waals surface area contributed by atoms with Crippen LogP contribution in [0.2, 0.25) is 5.02 Å². The molecule has 0 bridgehead atoms. The lowest BCUT2D eigenvalue weighted by Gasteiger charge is -2.14. The minimum absolute atomic E-state index is 0. The van der Waals surface area contributed by atoms with Gasteiger partial charge in [-0.15, -0.1) is 0 Å². The normalized spacial score (nSPS) is 12.8. The highest BCUT2D eigenvalue weighted by Crippen LogP contribution is 2.35. The van der Waals surface area contributed by atoms with Crippen LogP contribution in [0.4, 0.5) is 11.4 Å². The van der Waals surface area contributed by atoms with Crippen molar-refractivity contribution in [2.24, 2.45) is 0 Å². The summed E-state index contributed by atoms with van der Waals surface area (Å²) in [5, 5.41) is 5.52. The first-order valence-corrected chi connectivity index (χ1v) is 7.62. The van der Waals surface area contributed by atoms with Gasteiger partial charge in [-0.25, -0.2) is 0 Å². The van der Waals surface area contributed by atoms with Crippen LogP contribution in [0.3, 0.4) is 0 Å². The highest BCUT2D eigenvalue weighted by Gasteiger charge is 2.19. The Hall–Kier alpha value is -1.77. The van der Waals surface area contributed by atoms with Crippen molar-refractivity contribution >= 4 is 33.9 Å². The first-order chi connectivity index (χ1) is 10.3. The molecule has 2 nitrogen and oxygen atoms in total. The van der Waals surface area contributed by atoms with Gasteiger partial charge in [-0.2, -0.15) is 0 Å². The quantitative estimate of drug-likeness (QED) is 0.779. The number of fused-ring (bicyclic) bond motifs is 2. The largest absolute Gasteiger partial charge is 1.00 e. The predicted octanol–water partition coefficient (Wildman–Crippen LogP) is 2.12. The smallest absolute Gasteiger partial charge is 0.0726 e. The van der Waals surface area contributed by atoms with Crippen LogP contribution in [-0.4, -0.2) is 4.98 Å². The van der Waals surface area contributed by atoms with E-state index in [0.717, 1.165) is 29.1 Å². The summed E-state index contributed by atoms with van der Waals surface area (Å²) in [6.07, 6.45) is 3.37. The number of aromatic nitrogens is 1. The minimum atomic E-state index is 0. The Kier molecular flexibility index (Phi) is 4.23. The number of halogens is 2. The van der Waals surface area contributed by atoms with Crippen LogP contribution in [0, 0.1) is 0 Å².